The summed E-state index contributed by atoms with van der Waals surface area (Å²) in [6, 6.07) is 7.10. The molecular weight excluding hydrogens is 367 g/mol. The summed E-state index contributed by atoms with van der Waals surface area (Å²) in [6.07, 6.45) is 1.34. The third kappa shape index (κ3) is 5.62. The highest BCUT2D eigenvalue weighted by Gasteiger charge is 2.12. The van der Waals surface area contributed by atoms with Crippen LogP contribution in [0.4, 0.5) is 5.82 Å². The predicted molar refractivity (Wildman–Crippen MR) is 95.3 cm³/mol. The molecule has 2 aromatic rings. The number of pyridine rings is 1. The molecule has 132 valence electrons. The van der Waals surface area contributed by atoms with E-state index in [2.05, 4.69) is 10.3 Å². The van der Waals surface area contributed by atoms with Crippen molar-refractivity contribution < 1.29 is 19.1 Å². The zero-order chi connectivity index (χ0) is 18.4. The quantitative estimate of drug-likeness (QED) is 0.772. The summed E-state index contributed by atoms with van der Waals surface area (Å²) in [5.74, 6) is -0.468. The van der Waals surface area contributed by atoms with Crippen LogP contribution in [0.5, 0.6) is 5.75 Å². The van der Waals surface area contributed by atoms with Gasteiger partial charge in [-0.25, -0.2) is 9.78 Å². The third-order valence-electron chi connectivity index (χ3n) is 3.17. The summed E-state index contributed by atoms with van der Waals surface area (Å²) in [5.41, 5.74) is 1.82. The van der Waals surface area contributed by atoms with Gasteiger partial charge in [0.1, 0.15) is 5.75 Å². The van der Waals surface area contributed by atoms with Crippen LogP contribution < -0.4 is 10.1 Å². The number of nitrogens with one attached hydrogen (secondary N) is 1. The number of aryl methyl sites for hydroxylation is 2. The maximum absolute atomic E-state index is 11.8. The second kappa shape index (κ2) is 8.69. The molecule has 0 aliphatic carbocycles. The number of aromatic nitrogens is 1. The number of hydrogen-bond acceptors (Lipinski definition) is 5. The fourth-order valence-electron chi connectivity index (χ4n) is 2.02. The Labute approximate surface area is 155 Å². The Morgan fingerprint density at radius 3 is 2.48 bits per heavy atom. The molecule has 0 aliphatic heterocycles. The highest BCUT2D eigenvalue weighted by Crippen LogP contribution is 2.23. The number of halogens is 2. The Hall–Kier alpha value is -2.31. The first-order chi connectivity index (χ1) is 11.9. The molecule has 0 radical (unpaired) electrons. The van der Waals surface area contributed by atoms with E-state index in [0.29, 0.717) is 10.8 Å². The maximum Gasteiger partial charge on any atom is 0.344 e. The van der Waals surface area contributed by atoms with Crippen molar-refractivity contribution in [2.75, 3.05) is 18.5 Å². The fourth-order valence-corrected chi connectivity index (χ4v) is 2.45. The van der Waals surface area contributed by atoms with Gasteiger partial charge >= 0.3 is 5.97 Å². The van der Waals surface area contributed by atoms with Gasteiger partial charge < -0.3 is 14.8 Å². The molecule has 1 N–H and O–H groups in total. The Kier molecular flexibility index (Phi) is 6.61. The van der Waals surface area contributed by atoms with E-state index in [4.69, 9.17) is 32.7 Å². The van der Waals surface area contributed by atoms with Crippen molar-refractivity contribution in [1.82, 2.24) is 4.98 Å². The van der Waals surface area contributed by atoms with Crippen molar-refractivity contribution in [2.45, 2.75) is 13.8 Å². The summed E-state index contributed by atoms with van der Waals surface area (Å²) < 4.78 is 10.3. The SMILES string of the molecule is Cc1cccc(C)c1OCC(=O)OCC(=O)Nc1ncc(Cl)cc1Cl. The minimum Gasteiger partial charge on any atom is -0.481 e. The zero-order valence-corrected chi connectivity index (χ0v) is 15.1. The van der Waals surface area contributed by atoms with Gasteiger partial charge in [0.05, 0.1) is 10.0 Å². The van der Waals surface area contributed by atoms with Crippen LogP contribution in [0.2, 0.25) is 10.0 Å². The van der Waals surface area contributed by atoms with Gasteiger partial charge in [0.25, 0.3) is 5.91 Å². The molecule has 0 saturated carbocycles. The van der Waals surface area contributed by atoms with Crippen LogP contribution in [-0.2, 0) is 14.3 Å². The minimum atomic E-state index is -0.659. The van der Waals surface area contributed by atoms with Crippen LogP contribution in [0.25, 0.3) is 0 Å². The normalized spacial score (nSPS) is 10.2. The molecule has 1 aromatic carbocycles. The van der Waals surface area contributed by atoms with Crippen LogP contribution >= 0.6 is 23.2 Å². The number of anilines is 1. The molecule has 0 fully saturated rings. The Balaban J connectivity index is 1.80. The number of carbonyl (C=O) groups is 2. The van der Waals surface area contributed by atoms with Crippen molar-refractivity contribution in [3.8, 4) is 5.75 Å². The molecule has 0 unspecified atom stereocenters. The summed E-state index contributed by atoms with van der Waals surface area (Å²) in [4.78, 5) is 27.4. The van der Waals surface area contributed by atoms with Crippen LogP contribution in [0.15, 0.2) is 30.5 Å². The summed E-state index contributed by atoms with van der Waals surface area (Å²) in [5, 5.41) is 2.96. The molecule has 8 heteroatoms. The van der Waals surface area contributed by atoms with Crippen molar-refractivity contribution in [2.24, 2.45) is 0 Å². The molecule has 0 aliphatic rings. The van der Waals surface area contributed by atoms with E-state index in [9.17, 15) is 9.59 Å². The predicted octanol–water partition coefficient (Wildman–Crippen LogP) is 3.57. The number of para-hydroxylation sites is 1. The Bertz CT molecular complexity index is 776. The monoisotopic (exact) mass is 382 g/mol. The topological polar surface area (TPSA) is 77.5 Å². The zero-order valence-electron chi connectivity index (χ0n) is 13.6. The molecule has 6 nitrogen and oxygen atoms in total. The van der Waals surface area contributed by atoms with E-state index in [1.54, 1.807) is 0 Å². The molecule has 1 aromatic heterocycles. The average molecular weight is 383 g/mol. The number of benzene rings is 1. The number of carbonyl (C=O) groups excluding carboxylic acids is 2. The molecule has 1 amide bonds. The van der Waals surface area contributed by atoms with Crippen LogP contribution in [0.3, 0.4) is 0 Å². The van der Waals surface area contributed by atoms with E-state index in [1.165, 1.54) is 12.3 Å². The van der Waals surface area contributed by atoms with Crippen LogP contribution in [-0.4, -0.2) is 30.1 Å². The van der Waals surface area contributed by atoms with Crippen molar-refractivity contribution in [3.05, 3.63) is 51.6 Å². The highest BCUT2D eigenvalue weighted by atomic mass is 35.5. The Morgan fingerprint density at radius 2 is 1.84 bits per heavy atom. The van der Waals surface area contributed by atoms with Gasteiger partial charge in [0.15, 0.2) is 19.0 Å². The average Bonchev–Trinajstić information content (AvgIpc) is 2.55. The molecular formula is C17H16Cl2N2O4. The first-order valence-electron chi connectivity index (χ1n) is 7.32. The van der Waals surface area contributed by atoms with Crippen LogP contribution in [0, 0.1) is 13.8 Å². The fraction of sp³-hybridized carbons (Fsp3) is 0.235. The smallest absolute Gasteiger partial charge is 0.344 e. The van der Waals surface area contributed by atoms with E-state index in [-0.39, 0.29) is 17.4 Å². The second-order valence-electron chi connectivity index (χ2n) is 5.20. The molecule has 25 heavy (non-hydrogen) atoms. The lowest BCUT2D eigenvalue weighted by Crippen LogP contribution is -2.24. The largest absolute Gasteiger partial charge is 0.481 e. The van der Waals surface area contributed by atoms with Crippen molar-refractivity contribution in [1.29, 1.82) is 0 Å². The molecule has 2 rings (SSSR count). The first kappa shape index (κ1) is 19.0. The van der Waals surface area contributed by atoms with Gasteiger partial charge in [-0.1, -0.05) is 41.4 Å². The van der Waals surface area contributed by atoms with Gasteiger partial charge in [-0.05, 0) is 31.0 Å². The highest BCUT2D eigenvalue weighted by molar-refractivity contribution is 6.36. The summed E-state index contributed by atoms with van der Waals surface area (Å²) >= 11 is 11.6. The van der Waals surface area contributed by atoms with Gasteiger partial charge in [-0.2, -0.15) is 0 Å². The lowest BCUT2D eigenvalue weighted by molar-refractivity contribution is -0.149. The lowest BCUT2D eigenvalue weighted by Gasteiger charge is -2.11. The maximum atomic E-state index is 11.8. The number of hydrogen-bond donors (Lipinski definition) is 1. The lowest BCUT2D eigenvalue weighted by atomic mass is 10.1. The summed E-state index contributed by atoms with van der Waals surface area (Å²) in [6.45, 7) is 2.99. The second-order valence-corrected chi connectivity index (χ2v) is 6.05. The molecule has 1 heterocycles. The number of amides is 1. The van der Waals surface area contributed by atoms with E-state index in [1.807, 2.05) is 32.0 Å². The van der Waals surface area contributed by atoms with E-state index in [0.717, 1.165) is 11.1 Å². The minimum absolute atomic E-state index is 0.138. The number of nitrogens with zero attached hydrogens (tertiary/aromatic N) is 1. The van der Waals surface area contributed by atoms with Crippen molar-refractivity contribution >= 4 is 40.9 Å². The number of esters is 1. The van der Waals surface area contributed by atoms with E-state index < -0.39 is 18.5 Å². The van der Waals surface area contributed by atoms with Gasteiger partial charge in [-0.3, -0.25) is 4.79 Å². The van der Waals surface area contributed by atoms with Crippen molar-refractivity contribution in [3.63, 3.8) is 0 Å². The third-order valence-corrected chi connectivity index (χ3v) is 3.67. The van der Waals surface area contributed by atoms with Gasteiger partial charge in [0.2, 0.25) is 0 Å². The molecule has 0 spiro atoms. The van der Waals surface area contributed by atoms with E-state index >= 15 is 0 Å². The summed E-state index contributed by atoms with van der Waals surface area (Å²) in [7, 11) is 0. The standard InChI is InChI=1S/C17H16Cl2N2O4/c1-10-4-3-5-11(2)16(10)25-9-15(23)24-8-14(22)21-17-13(19)6-12(18)7-20-17/h3-7H,8-9H2,1-2H3,(H,20,21,22). The first-order valence-corrected chi connectivity index (χ1v) is 8.08. The van der Waals surface area contributed by atoms with Gasteiger partial charge in [-0.15, -0.1) is 0 Å². The Morgan fingerprint density at radius 1 is 1.16 bits per heavy atom. The molecule has 0 bridgehead atoms. The number of rotatable bonds is 6. The molecule has 0 saturated heterocycles. The van der Waals surface area contributed by atoms with Crippen LogP contribution in [0.1, 0.15) is 11.1 Å². The van der Waals surface area contributed by atoms with Gasteiger partial charge in [0, 0.05) is 6.20 Å². The number of ether oxygens (including phenoxy) is 2. The molecule has 0 atom stereocenters.